The van der Waals surface area contributed by atoms with Crippen molar-refractivity contribution in [3.05, 3.63) is 9.41 Å². The minimum atomic E-state index is -0.821. The van der Waals surface area contributed by atoms with E-state index in [-0.39, 0.29) is 11.3 Å². The zero-order valence-corrected chi connectivity index (χ0v) is 13.1. The molecule has 0 aliphatic carbocycles. The van der Waals surface area contributed by atoms with Gasteiger partial charge in [0.25, 0.3) is 0 Å². The van der Waals surface area contributed by atoms with Crippen LogP contribution in [0.1, 0.15) is 27.2 Å². The first-order chi connectivity index (χ1) is 6.89. The average Bonchev–Trinajstić information content (AvgIpc) is 2.53. The molecule has 3 N–H and O–H groups in total. The Hall–Kier alpha value is 0.0401. The Balaban J connectivity index is 2.68. The molecule has 0 aromatic heterocycles. The van der Waals surface area contributed by atoms with Crippen molar-refractivity contribution in [2.75, 3.05) is 13.2 Å². The summed E-state index contributed by atoms with van der Waals surface area (Å²) in [4.78, 5) is 0. The SMILES string of the molecule is CC(C)(C)/[C](=C/C(=N)N)[In][C@@H]1CCOC1. The first-order valence-electron chi connectivity index (χ1n) is 5.38. The third kappa shape index (κ3) is 4.60. The number of rotatable bonds is 3. The normalized spacial score (nSPS) is 22.9. The fourth-order valence-corrected chi connectivity index (χ4v) is 6.81. The predicted octanol–water partition coefficient (Wildman–Crippen LogP) is 1.77. The van der Waals surface area contributed by atoms with Crippen molar-refractivity contribution in [2.45, 2.75) is 30.9 Å². The van der Waals surface area contributed by atoms with Crippen LogP contribution in [0.25, 0.3) is 0 Å². The van der Waals surface area contributed by atoms with Gasteiger partial charge in [-0.3, -0.25) is 0 Å². The maximum absolute atomic E-state index is 7.38. The molecule has 0 spiro atoms. The molecule has 0 unspecified atom stereocenters. The van der Waals surface area contributed by atoms with E-state index >= 15 is 0 Å². The van der Waals surface area contributed by atoms with Crippen LogP contribution in [0.2, 0.25) is 3.67 Å². The van der Waals surface area contributed by atoms with E-state index < -0.39 is 22.9 Å². The molecule has 1 radical (unpaired) electrons. The molecule has 1 fully saturated rings. The van der Waals surface area contributed by atoms with E-state index in [0.717, 1.165) is 16.9 Å². The molecule has 0 amide bonds. The molecule has 0 aromatic carbocycles. The predicted molar refractivity (Wildman–Crippen MR) is 64.4 cm³/mol. The molecule has 1 aliphatic rings. The summed E-state index contributed by atoms with van der Waals surface area (Å²) in [7, 11) is 0. The summed E-state index contributed by atoms with van der Waals surface area (Å²) in [5, 5.41) is 7.38. The number of ether oxygens (including phenoxy) is 1. The first-order valence-corrected chi connectivity index (χ1v) is 8.93. The standard InChI is InChI=1S/C7H13N2.C4H7O.In/c1-7(2,3)5-4-6(8)9;1-2-4-5-3-1;/h4H,1-3H3,(H3,8,9);1H,2-4H2;. The fraction of sp³-hybridized carbons (Fsp3) is 0.727. The van der Waals surface area contributed by atoms with Crippen LogP contribution < -0.4 is 5.73 Å². The second-order valence-electron chi connectivity index (χ2n) is 5.10. The molecule has 1 saturated heterocycles. The van der Waals surface area contributed by atoms with E-state index in [4.69, 9.17) is 15.9 Å². The third-order valence-electron chi connectivity index (χ3n) is 2.56. The minimum absolute atomic E-state index is 0.176. The molecule has 1 atom stereocenters. The second kappa shape index (κ2) is 5.39. The summed E-state index contributed by atoms with van der Waals surface area (Å²) < 4.78 is 7.65. The van der Waals surface area contributed by atoms with Gasteiger partial charge in [0.05, 0.1) is 0 Å². The Kier molecular flexibility index (Phi) is 4.71. The van der Waals surface area contributed by atoms with Gasteiger partial charge in [0.15, 0.2) is 0 Å². The Bertz CT molecular complexity index is 262. The van der Waals surface area contributed by atoms with Crippen molar-refractivity contribution in [1.82, 2.24) is 0 Å². The van der Waals surface area contributed by atoms with Crippen LogP contribution in [0.5, 0.6) is 0 Å². The summed E-state index contributed by atoms with van der Waals surface area (Å²) >= 11 is -0.821. The van der Waals surface area contributed by atoms with Crippen molar-refractivity contribution in [1.29, 1.82) is 5.41 Å². The third-order valence-corrected chi connectivity index (χ3v) is 9.38. The van der Waals surface area contributed by atoms with Crippen LogP contribution in [0.15, 0.2) is 9.41 Å². The van der Waals surface area contributed by atoms with Gasteiger partial charge in [-0.25, -0.2) is 0 Å². The molecule has 0 bridgehead atoms. The van der Waals surface area contributed by atoms with Crippen molar-refractivity contribution < 1.29 is 4.74 Å². The van der Waals surface area contributed by atoms with Crippen LogP contribution in [-0.4, -0.2) is 42.0 Å². The zero-order valence-electron chi connectivity index (χ0n) is 9.84. The number of nitrogens with one attached hydrogen (secondary N) is 1. The van der Waals surface area contributed by atoms with E-state index in [0.29, 0.717) is 0 Å². The fourth-order valence-electron chi connectivity index (χ4n) is 1.62. The van der Waals surface area contributed by atoms with Crippen LogP contribution in [0, 0.1) is 10.8 Å². The maximum atomic E-state index is 7.38. The Morgan fingerprint density at radius 2 is 2.20 bits per heavy atom. The van der Waals surface area contributed by atoms with Gasteiger partial charge in [-0.2, -0.15) is 0 Å². The van der Waals surface area contributed by atoms with E-state index in [2.05, 4.69) is 20.8 Å². The summed E-state index contributed by atoms with van der Waals surface area (Å²) in [6.45, 7) is 8.50. The molecule has 15 heavy (non-hydrogen) atoms. The van der Waals surface area contributed by atoms with Crippen LogP contribution in [0.4, 0.5) is 0 Å². The number of hydrogen-bond acceptors (Lipinski definition) is 2. The molecular weight excluding hydrogens is 291 g/mol. The van der Waals surface area contributed by atoms with Crippen LogP contribution >= 0.6 is 0 Å². The Morgan fingerprint density at radius 1 is 1.53 bits per heavy atom. The van der Waals surface area contributed by atoms with Gasteiger partial charge in [-0.1, -0.05) is 0 Å². The van der Waals surface area contributed by atoms with Gasteiger partial charge >= 0.3 is 104 Å². The van der Waals surface area contributed by atoms with E-state index in [1.807, 2.05) is 6.08 Å². The number of allylic oxidation sites excluding steroid dienone is 1. The number of nitrogens with two attached hydrogens (primary N) is 1. The topological polar surface area (TPSA) is 59.1 Å². The quantitative estimate of drug-likeness (QED) is 0.616. The first kappa shape index (κ1) is 13.1. The van der Waals surface area contributed by atoms with E-state index in [9.17, 15) is 0 Å². The van der Waals surface area contributed by atoms with Gasteiger partial charge in [0, 0.05) is 0 Å². The van der Waals surface area contributed by atoms with Crippen LogP contribution in [-0.2, 0) is 4.74 Å². The van der Waals surface area contributed by atoms with Crippen molar-refractivity contribution in [2.24, 2.45) is 11.1 Å². The number of hydrogen-bond donors (Lipinski definition) is 2. The van der Waals surface area contributed by atoms with Gasteiger partial charge in [-0.15, -0.1) is 0 Å². The monoisotopic (exact) mass is 311 g/mol. The molecule has 4 heteroatoms. The molecule has 1 rings (SSSR count). The molecule has 1 aliphatic heterocycles. The van der Waals surface area contributed by atoms with Gasteiger partial charge in [-0.05, 0) is 0 Å². The zero-order chi connectivity index (χ0) is 11.5. The Labute approximate surface area is 103 Å². The summed E-state index contributed by atoms with van der Waals surface area (Å²) in [5.74, 6) is 0.199. The van der Waals surface area contributed by atoms with Crippen molar-refractivity contribution in [3.63, 3.8) is 0 Å². The van der Waals surface area contributed by atoms with Gasteiger partial charge in [0.1, 0.15) is 0 Å². The van der Waals surface area contributed by atoms with E-state index in [1.165, 1.54) is 9.75 Å². The molecule has 83 valence electrons. The second-order valence-corrected chi connectivity index (χ2v) is 10.5. The molecule has 1 heterocycles. The van der Waals surface area contributed by atoms with Crippen molar-refractivity contribution >= 4 is 28.7 Å². The summed E-state index contributed by atoms with van der Waals surface area (Å²) in [6.07, 6.45) is 3.10. The summed E-state index contributed by atoms with van der Waals surface area (Å²) in [6, 6.07) is 0. The molecule has 3 nitrogen and oxygen atoms in total. The van der Waals surface area contributed by atoms with Gasteiger partial charge < -0.3 is 0 Å². The molecule has 0 aromatic rings. The number of amidine groups is 1. The molecular formula is C11H20InN2O. The average molecular weight is 311 g/mol. The molecule has 0 saturated carbocycles. The summed E-state index contributed by atoms with van der Waals surface area (Å²) in [5.41, 5.74) is 5.65. The Morgan fingerprint density at radius 3 is 2.60 bits per heavy atom. The van der Waals surface area contributed by atoms with E-state index in [1.54, 1.807) is 0 Å². The van der Waals surface area contributed by atoms with Crippen LogP contribution in [0.3, 0.4) is 0 Å². The van der Waals surface area contributed by atoms with Crippen molar-refractivity contribution in [3.8, 4) is 0 Å². The van der Waals surface area contributed by atoms with Gasteiger partial charge in [0.2, 0.25) is 0 Å².